The molecule has 3 rings (SSSR count). The van der Waals surface area contributed by atoms with Crippen molar-refractivity contribution in [2.75, 3.05) is 0 Å². The van der Waals surface area contributed by atoms with Gasteiger partial charge in [-0.15, -0.1) is 0 Å². The van der Waals surface area contributed by atoms with Gasteiger partial charge in [-0.2, -0.15) is 18.3 Å². The molecule has 1 aliphatic rings. The number of hydrogen-bond donors (Lipinski definition) is 1. The lowest BCUT2D eigenvalue weighted by Crippen LogP contribution is -2.33. The normalized spacial score (nSPS) is 16.8. The molecule has 2 aromatic rings. The van der Waals surface area contributed by atoms with E-state index in [9.17, 15) is 22.8 Å². The molecule has 0 fully saturated rings. The van der Waals surface area contributed by atoms with E-state index < -0.39 is 29.8 Å². The number of pyridine rings is 1. The molecule has 0 aliphatic carbocycles. The largest absolute Gasteiger partial charge is 0.507 e. The van der Waals surface area contributed by atoms with Crippen molar-refractivity contribution in [1.29, 1.82) is 0 Å². The quantitative estimate of drug-likeness (QED) is 0.784. The maximum absolute atomic E-state index is 12.7. The Morgan fingerprint density at radius 1 is 1.44 bits per heavy atom. The minimum absolute atomic E-state index is 0.0245. The molecule has 1 atom stereocenters. The highest BCUT2D eigenvalue weighted by atomic mass is 35.5. The third-order valence-corrected chi connectivity index (χ3v) is 4.45. The van der Waals surface area contributed by atoms with Gasteiger partial charge in [-0.3, -0.25) is 4.98 Å². The number of carboxylic acid groups (broad SMARTS) is 1. The van der Waals surface area contributed by atoms with Crippen molar-refractivity contribution in [3.8, 4) is 0 Å². The fourth-order valence-electron chi connectivity index (χ4n) is 2.88. The van der Waals surface area contributed by atoms with E-state index >= 15 is 0 Å². The average Bonchev–Trinajstić information content (AvgIpc) is 2.89. The van der Waals surface area contributed by atoms with Gasteiger partial charge in [0.1, 0.15) is 5.82 Å². The summed E-state index contributed by atoms with van der Waals surface area (Å²) in [5, 5.41) is 12.8. The fourth-order valence-corrected chi connectivity index (χ4v) is 3.14. The second-order valence-corrected chi connectivity index (χ2v) is 6.33. The van der Waals surface area contributed by atoms with Crippen molar-refractivity contribution in [2.24, 2.45) is 0 Å². The predicted molar refractivity (Wildman–Crippen MR) is 85.5 cm³/mol. The summed E-state index contributed by atoms with van der Waals surface area (Å²) in [6.45, 7) is 0.0245. The summed E-state index contributed by atoms with van der Waals surface area (Å²) in [7, 11) is 0. The van der Waals surface area contributed by atoms with Gasteiger partial charge in [0.05, 0.1) is 22.8 Å². The molecule has 0 saturated heterocycles. The number of aromatic nitrogens is 4. The Bertz CT molecular complexity index is 925. The van der Waals surface area contributed by atoms with Gasteiger partial charge in [0.2, 0.25) is 0 Å². The molecule has 0 bridgehead atoms. The molecule has 0 saturated carbocycles. The van der Waals surface area contributed by atoms with Crippen LogP contribution in [0.5, 0.6) is 0 Å². The lowest BCUT2D eigenvalue weighted by Gasteiger charge is -2.21. The first-order valence-corrected chi connectivity index (χ1v) is 8.34. The zero-order chi connectivity index (χ0) is 19.8. The molecular weight excluding hydrogens is 393 g/mol. The highest BCUT2D eigenvalue weighted by Crippen LogP contribution is 2.31. The van der Waals surface area contributed by atoms with Gasteiger partial charge < -0.3 is 9.84 Å². The van der Waals surface area contributed by atoms with Crippen LogP contribution < -0.4 is 5.69 Å². The SMILES string of the molecule is O=C(O)O[C@H]1CCCc2nn(CCc3ncc(C(F)(F)F)cc3Cl)c(=O)n21. The van der Waals surface area contributed by atoms with Crippen molar-refractivity contribution in [2.45, 2.75) is 44.6 Å². The molecule has 1 aliphatic heterocycles. The van der Waals surface area contributed by atoms with Gasteiger partial charge in [-0.25, -0.2) is 18.8 Å². The number of hydrogen-bond acceptors (Lipinski definition) is 5. The van der Waals surface area contributed by atoms with Crippen molar-refractivity contribution in [3.63, 3.8) is 0 Å². The summed E-state index contributed by atoms with van der Waals surface area (Å²) in [4.78, 5) is 27.0. The van der Waals surface area contributed by atoms with Crippen molar-refractivity contribution < 1.29 is 27.8 Å². The van der Waals surface area contributed by atoms with Crippen LogP contribution in [0.3, 0.4) is 0 Å². The molecule has 8 nitrogen and oxygen atoms in total. The summed E-state index contributed by atoms with van der Waals surface area (Å²) in [5.41, 5.74) is -1.32. The second kappa shape index (κ2) is 7.22. The number of fused-ring (bicyclic) bond motifs is 1. The molecule has 0 radical (unpaired) electrons. The minimum atomic E-state index is -4.55. The lowest BCUT2D eigenvalue weighted by molar-refractivity contribution is -0.137. The number of ether oxygens (including phenoxy) is 1. The standard InChI is InChI=1S/C15H14ClF3N4O4/c16-9-6-8(15(17,18)19)7-20-10(9)4-5-22-13(24)23-11(21-22)2-1-3-12(23)27-14(25)26/h6-7,12H,1-5H2,(H,25,26)/t12-/m0/s1. The Morgan fingerprint density at radius 2 is 2.19 bits per heavy atom. The molecular formula is C15H14ClF3N4O4. The molecule has 0 amide bonds. The average molecular weight is 407 g/mol. The van der Waals surface area contributed by atoms with Crippen molar-refractivity contribution in [1.82, 2.24) is 19.3 Å². The van der Waals surface area contributed by atoms with Crippen LogP contribution in [0.2, 0.25) is 5.02 Å². The van der Waals surface area contributed by atoms with Crippen molar-refractivity contribution in [3.05, 3.63) is 44.9 Å². The number of alkyl halides is 3. The van der Waals surface area contributed by atoms with Gasteiger partial charge in [0.15, 0.2) is 6.23 Å². The maximum atomic E-state index is 12.7. The number of halogens is 4. The highest BCUT2D eigenvalue weighted by Gasteiger charge is 2.32. The molecule has 1 N–H and O–H groups in total. The van der Waals surface area contributed by atoms with E-state index in [2.05, 4.69) is 10.1 Å². The Balaban J connectivity index is 1.79. The van der Waals surface area contributed by atoms with E-state index in [-0.39, 0.29) is 23.7 Å². The van der Waals surface area contributed by atoms with E-state index in [0.29, 0.717) is 31.3 Å². The van der Waals surface area contributed by atoms with Crippen LogP contribution in [0.1, 0.15) is 36.2 Å². The topological polar surface area (TPSA) is 99.2 Å². The van der Waals surface area contributed by atoms with Crippen LogP contribution >= 0.6 is 11.6 Å². The lowest BCUT2D eigenvalue weighted by atomic mass is 10.1. The molecule has 146 valence electrons. The molecule has 27 heavy (non-hydrogen) atoms. The van der Waals surface area contributed by atoms with Gasteiger partial charge in [0, 0.05) is 25.5 Å². The summed E-state index contributed by atoms with van der Waals surface area (Å²) in [6, 6.07) is 0.779. The Kier molecular flexibility index (Phi) is 5.13. The third kappa shape index (κ3) is 4.07. The van der Waals surface area contributed by atoms with E-state index in [1.165, 1.54) is 4.57 Å². The van der Waals surface area contributed by atoms with Gasteiger partial charge in [0.25, 0.3) is 0 Å². The predicted octanol–water partition coefficient (Wildman–Crippen LogP) is 2.88. The maximum Gasteiger partial charge on any atom is 0.507 e. The van der Waals surface area contributed by atoms with Crippen LogP contribution in [0.15, 0.2) is 17.1 Å². The molecule has 0 spiro atoms. The Hall–Kier alpha value is -2.56. The molecule has 0 unspecified atom stereocenters. The van der Waals surface area contributed by atoms with E-state index in [1.54, 1.807) is 0 Å². The summed E-state index contributed by atoms with van der Waals surface area (Å²) in [6.07, 6.45) is -4.77. The van der Waals surface area contributed by atoms with Crippen LogP contribution in [0.25, 0.3) is 0 Å². The van der Waals surface area contributed by atoms with Crippen LogP contribution in [0, 0.1) is 0 Å². The Labute approximate surface area is 155 Å². The van der Waals surface area contributed by atoms with Gasteiger partial charge >= 0.3 is 18.0 Å². The minimum Gasteiger partial charge on any atom is -0.450 e. The molecule has 0 aromatic carbocycles. The first-order chi connectivity index (χ1) is 12.7. The fraction of sp³-hybridized carbons (Fsp3) is 0.467. The summed E-state index contributed by atoms with van der Waals surface area (Å²) >= 11 is 5.86. The number of aryl methyl sites for hydroxylation is 3. The number of carbonyl (C=O) groups is 1. The second-order valence-electron chi connectivity index (χ2n) is 5.92. The first-order valence-electron chi connectivity index (χ1n) is 7.96. The highest BCUT2D eigenvalue weighted by molar-refractivity contribution is 6.31. The molecule has 12 heteroatoms. The number of rotatable bonds is 4. The smallest absolute Gasteiger partial charge is 0.450 e. The Morgan fingerprint density at radius 3 is 2.81 bits per heavy atom. The zero-order valence-corrected chi connectivity index (χ0v) is 14.5. The van der Waals surface area contributed by atoms with Crippen molar-refractivity contribution >= 4 is 17.8 Å². The van der Waals surface area contributed by atoms with E-state index in [1.807, 2.05) is 0 Å². The van der Waals surface area contributed by atoms with E-state index in [4.69, 9.17) is 21.4 Å². The van der Waals surface area contributed by atoms with Crippen LogP contribution in [-0.2, 0) is 30.3 Å². The molecule has 2 aromatic heterocycles. The zero-order valence-electron chi connectivity index (χ0n) is 13.7. The van der Waals surface area contributed by atoms with Crippen LogP contribution in [0.4, 0.5) is 18.0 Å². The monoisotopic (exact) mass is 406 g/mol. The van der Waals surface area contributed by atoms with Gasteiger partial charge in [-0.1, -0.05) is 11.6 Å². The molecule has 3 heterocycles. The van der Waals surface area contributed by atoms with Crippen LogP contribution in [-0.4, -0.2) is 30.6 Å². The first kappa shape index (κ1) is 19.2. The van der Waals surface area contributed by atoms with E-state index in [0.717, 1.165) is 10.7 Å². The van der Waals surface area contributed by atoms with Gasteiger partial charge in [-0.05, 0) is 12.5 Å². The summed E-state index contributed by atoms with van der Waals surface area (Å²) < 4.78 is 45.0. The summed E-state index contributed by atoms with van der Waals surface area (Å²) in [5.74, 6) is 0.393. The number of nitrogens with zero attached hydrogens (tertiary/aromatic N) is 4. The third-order valence-electron chi connectivity index (χ3n) is 4.12.